The molecule has 0 saturated heterocycles. The highest BCUT2D eigenvalue weighted by Gasteiger charge is 2.63. The quantitative estimate of drug-likeness (QED) is 0.550. The number of aromatic nitrogens is 2. The highest BCUT2D eigenvalue weighted by molar-refractivity contribution is 5.49. The number of halogens is 3. The molecule has 1 saturated carbocycles. The minimum atomic E-state index is -4.90. The first-order chi connectivity index (χ1) is 16.1. The number of nitrogens with one attached hydrogen (secondary N) is 1. The van der Waals surface area contributed by atoms with Gasteiger partial charge in [-0.05, 0) is 24.6 Å². The summed E-state index contributed by atoms with van der Waals surface area (Å²) in [7, 11) is 0. The lowest BCUT2D eigenvalue weighted by Crippen LogP contribution is -2.73. The molecule has 1 aliphatic rings. The van der Waals surface area contributed by atoms with Gasteiger partial charge in [-0.2, -0.15) is 5.26 Å². The number of hydrogen-bond donors (Lipinski definition) is 1. The van der Waals surface area contributed by atoms with Gasteiger partial charge in [-0.3, -0.25) is 4.79 Å². The molecular formula is C25H31F3N4O3. The summed E-state index contributed by atoms with van der Waals surface area (Å²) < 4.78 is 47.3. The third-order valence-corrected chi connectivity index (χ3v) is 5.94. The summed E-state index contributed by atoms with van der Waals surface area (Å²) >= 11 is 0. The molecule has 1 N–H and O–H groups in total. The summed E-state index contributed by atoms with van der Waals surface area (Å²) in [5.41, 5.74) is 0.0221. The fourth-order valence-electron chi connectivity index (χ4n) is 4.64. The molecule has 0 spiro atoms. The zero-order chi connectivity index (χ0) is 26.6. The second-order valence-corrected chi connectivity index (χ2v) is 9.95. The Bertz CT molecular complexity index is 1050. The van der Waals surface area contributed by atoms with Gasteiger partial charge in [0.25, 0.3) is 0 Å². The van der Waals surface area contributed by atoms with E-state index in [0.717, 1.165) is 17.5 Å². The minimum Gasteiger partial charge on any atom is -0.489 e. The van der Waals surface area contributed by atoms with Crippen molar-refractivity contribution < 1.29 is 27.4 Å². The molecule has 0 bridgehead atoms. The highest BCUT2D eigenvalue weighted by atomic mass is 19.4. The van der Waals surface area contributed by atoms with Crippen molar-refractivity contribution in [2.75, 3.05) is 0 Å². The lowest BCUT2D eigenvalue weighted by atomic mass is 9.49. The average Bonchev–Trinajstić information content (AvgIpc) is 2.75. The number of alkyl halides is 3. The molecule has 3 rings (SSSR count). The summed E-state index contributed by atoms with van der Waals surface area (Å²) in [5.74, 6) is 0.908. The van der Waals surface area contributed by atoms with Crippen LogP contribution in [0, 0.1) is 29.1 Å². The van der Waals surface area contributed by atoms with Crippen LogP contribution in [-0.4, -0.2) is 34.9 Å². The number of ether oxygens (including phenoxy) is 2. The van der Waals surface area contributed by atoms with Crippen LogP contribution < -0.4 is 14.8 Å². The van der Waals surface area contributed by atoms with Crippen molar-refractivity contribution in [2.24, 2.45) is 10.8 Å². The third-order valence-electron chi connectivity index (χ3n) is 5.94. The second-order valence-electron chi connectivity index (χ2n) is 9.95. The molecule has 0 unspecified atom stereocenters. The van der Waals surface area contributed by atoms with E-state index in [-0.39, 0.29) is 23.5 Å². The summed E-state index contributed by atoms with van der Waals surface area (Å²) in [5, 5.41) is 11.7. The van der Waals surface area contributed by atoms with Crippen LogP contribution in [0.25, 0.3) is 0 Å². The van der Waals surface area contributed by atoms with Crippen LogP contribution in [0.15, 0.2) is 30.6 Å². The first kappa shape index (κ1) is 27.9. The van der Waals surface area contributed by atoms with Gasteiger partial charge in [0.05, 0.1) is 5.56 Å². The number of carbonyl (C=O) groups is 1. The van der Waals surface area contributed by atoms with E-state index >= 15 is 0 Å². The Balaban J connectivity index is 0.000000360. The smallest absolute Gasteiger partial charge is 0.489 e. The number of aryl methyl sites for hydroxylation is 1. The van der Waals surface area contributed by atoms with Crippen molar-refractivity contribution in [3.05, 3.63) is 47.5 Å². The van der Waals surface area contributed by atoms with Crippen molar-refractivity contribution in [2.45, 2.75) is 72.9 Å². The van der Waals surface area contributed by atoms with Crippen LogP contribution in [0.5, 0.6) is 11.5 Å². The summed E-state index contributed by atoms with van der Waals surface area (Å²) in [6, 6.07) is 5.20. The third kappa shape index (κ3) is 6.62. The van der Waals surface area contributed by atoms with E-state index in [1.807, 2.05) is 47.0 Å². The molecule has 1 aliphatic carbocycles. The summed E-state index contributed by atoms with van der Waals surface area (Å²) in [6.45, 7) is 13.8. The van der Waals surface area contributed by atoms with E-state index < -0.39 is 22.9 Å². The van der Waals surface area contributed by atoms with Crippen LogP contribution >= 0.6 is 0 Å². The van der Waals surface area contributed by atoms with Crippen molar-refractivity contribution in [3.8, 4) is 17.6 Å². The molecule has 0 atom stereocenters. The van der Waals surface area contributed by atoms with E-state index in [0.29, 0.717) is 12.3 Å². The van der Waals surface area contributed by atoms with E-state index in [1.165, 1.54) is 12.1 Å². The zero-order valence-corrected chi connectivity index (χ0v) is 20.9. The minimum absolute atomic E-state index is 0.147. The predicted molar refractivity (Wildman–Crippen MR) is 124 cm³/mol. The summed E-state index contributed by atoms with van der Waals surface area (Å²) in [4.78, 5) is 19.1. The number of nitriles is 1. The maximum Gasteiger partial charge on any atom is 0.573 e. The Kier molecular flexibility index (Phi) is 8.37. The van der Waals surface area contributed by atoms with Gasteiger partial charge in [-0.15, -0.1) is 13.2 Å². The Labute approximate surface area is 203 Å². The number of carbonyl (C=O) groups excluding carboxylic acids is 1. The van der Waals surface area contributed by atoms with Gasteiger partial charge in [0.2, 0.25) is 6.41 Å². The van der Waals surface area contributed by atoms with Crippen molar-refractivity contribution in [1.29, 1.82) is 5.26 Å². The first-order valence-corrected chi connectivity index (χ1v) is 11.1. The van der Waals surface area contributed by atoms with Gasteiger partial charge in [0.1, 0.15) is 23.7 Å². The Hall–Kier alpha value is -3.35. The second kappa shape index (κ2) is 10.5. The molecule has 0 aliphatic heterocycles. The van der Waals surface area contributed by atoms with Gasteiger partial charge in [0.15, 0.2) is 5.75 Å². The number of amides is 1. The molecule has 10 heteroatoms. The zero-order valence-electron chi connectivity index (χ0n) is 20.9. The van der Waals surface area contributed by atoms with Crippen molar-refractivity contribution >= 4 is 6.41 Å². The monoisotopic (exact) mass is 492 g/mol. The largest absolute Gasteiger partial charge is 0.573 e. The number of nitrogens with zero attached hydrogens (tertiary/aromatic N) is 3. The number of hydrogen-bond acceptors (Lipinski definition) is 6. The highest BCUT2D eigenvalue weighted by Crippen LogP contribution is 2.55. The van der Waals surface area contributed by atoms with Gasteiger partial charge in [-0.1, -0.05) is 41.5 Å². The maximum atomic E-state index is 12.5. The van der Waals surface area contributed by atoms with Crippen LogP contribution in [0.3, 0.4) is 0 Å². The predicted octanol–water partition coefficient (Wildman–Crippen LogP) is 5.29. The molecule has 0 radical (unpaired) electrons. The van der Waals surface area contributed by atoms with Crippen LogP contribution in [0.2, 0.25) is 0 Å². The molecule has 1 heterocycles. The molecule has 1 fully saturated rings. The standard InChI is InChI=1S/C17H19F3N2O3.C8H12N2/c1-15(2)13(22-9-23)16(3,4)14(15)24-11-6-5-10(8-21)12(7-11)25-17(18,19)20;1-6(2)8-9-4-7(3)5-10-8/h5-7,9,13-14H,1-4H3,(H,22,23);4-6H,1-3H3. The molecule has 1 aromatic carbocycles. The van der Waals surface area contributed by atoms with Crippen molar-refractivity contribution in [1.82, 2.24) is 15.3 Å². The van der Waals surface area contributed by atoms with Crippen LogP contribution in [0.4, 0.5) is 13.2 Å². The van der Waals surface area contributed by atoms with Gasteiger partial charge < -0.3 is 14.8 Å². The van der Waals surface area contributed by atoms with Gasteiger partial charge in [-0.25, -0.2) is 9.97 Å². The van der Waals surface area contributed by atoms with Crippen LogP contribution in [0.1, 0.15) is 64.4 Å². The van der Waals surface area contributed by atoms with Crippen molar-refractivity contribution in [3.63, 3.8) is 0 Å². The van der Waals surface area contributed by atoms with Gasteiger partial charge in [0, 0.05) is 41.2 Å². The normalized spacial score (nSPS) is 19.9. The Morgan fingerprint density at radius 3 is 2.17 bits per heavy atom. The molecule has 35 heavy (non-hydrogen) atoms. The Morgan fingerprint density at radius 2 is 1.71 bits per heavy atom. The number of rotatable bonds is 6. The number of benzene rings is 1. The molecule has 1 amide bonds. The molecule has 1 aromatic heterocycles. The van der Waals surface area contributed by atoms with E-state index in [2.05, 4.69) is 33.9 Å². The molecule has 190 valence electrons. The topological polar surface area (TPSA) is 97.1 Å². The lowest BCUT2D eigenvalue weighted by molar-refractivity contribution is -0.274. The lowest BCUT2D eigenvalue weighted by Gasteiger charge is -2.62. The Morgan fingerprint density at radius 1 is 1.14 bits per heavy atom. The maximum absolute atomic E-state index is 12.5. The fourth-order valence-corrected chi connectivity index (χ4v) is 4.64. The molecular weight excluding hydrogens is 461 g/mol. The van der Waals surface area contributed by atoms with E-state index in [9.17, 15) is 18.0 Å². The average molecular weight is 493 g/mol. The van der Waals surface area contributed by atoms with E-state index in [1.54, 1.807) is 6.07 Å². The van der Waals surface area contributed by atoms with Crippen LogP contribution in [-0.2, 0) is 4.79 Å². The fraction of sp³-hybridized carbons (Fsp3) is 0.520. The van der Waals surface area contributed by atoms with Gasteiger partial charge >= 0.3 is 6.36 Å². The van der Waals surface area contributed by atoms with E-state index in [4.69, 9.17) is 10.00 Å². The molecule has 2 aromatic rings. The SMILES string of the molecule is CC1(C)C(NC=O)C(C)(C)C1Oc1ccc(C#N)c(OC(F)(F)F)c1.Cc1cnc(C(C)C)nc1. The first-order valence-electron chi connectivity index (χ1n) is 11.1. The summed E-state index contributed by atoms with van der Waals surface area (Å²) in [6.07, 6.45) is -0.936. The molecule has 7 nitrogen and oxygen atoms in total.